The molecular weight excluding hydrogens is 292 g/mol. The summed E-state index contributed by atoms with van der Waals surface area (Å²) in [6.07, 6.45) is 1.62. The molecule has 0 unspecified atom stereocenters. The van der Waals surface area contributed by atoms with Crippen LogP contribution in [0.5, 0.6) is 5.75 Å². The minimum atomic E-state index is -1.18. The summed E-state index contributed by atoms with van der Waals surface area (Å²) >= 11 is 0. The van der Waals surface area contributed by atoms with Crippen LogP contribution in [0.4, 0.5) is 0 Å². The van der Waals surface area contributed by atoms with Gasteiger partial charge in [-0.1, -0.05) is 0 Å². The van der Waals surface area contributed by atoms with Gasteiger partial charge in [-0.05, 0) is 61.7 Å². The molecule has 1 heterocycles. The Morgan fingerprint density at radius 2 is 1.83 bits per heavy atom. The zero-order chi connectivity index (χ0) is 16.7. The predicted octanol–water partition coefficient (Wildman–Crippen LogP) is 3.63. The Morgan fingerprint density at radius 1 is 1.09 bits per heavy atom. The lowest BCUT2D eigenvalue weighted by molar-refractivity contribution is 0.0694. The van der Waals surface area contributed by atoms with Crippen LogP contribution < -0.4 is 0 Å². The number of aromatic hydroxyl groups is 1. The van der Waals surface area contributed by atoms with Crippen molar-refractivity contribution in [2.45, 2.75) is 20.8 Å². The molecule has 0 radical (unpaired) electrons. The van der Waals surface area contributed by atoms with Gasteiger partial charge in [0, 0.05) is 5.56 Å². The third kappa shape index (κ3) is 2.50. The molecule has 2 aromatic carbocycles. The highest BCUT2D eigenvalue weighted by molar-refractivity contribution is 5.92. The highest BCUT2D eigenvalue weighted by Gasteiger charge is 2.13. The first kappa shape index (κ1) is 15.0. The van der Waals surface area contributed by atoms with Crippen LogP contribution in [-0.4, -0.2) is 26.2 Å². The Hall–Kier alpha value is -2.95. The molecule has 0 aliphatic rings. The number of benzene rings is 2. The van der Waals surface area contributed by atoms with Crippen molar-refractivity contribution in [3.05, 3.63) is 52.7 Å². The van der Waals surface area contributed by atoms with Crippen LogP contribution in [0.1, 0.15) is 27.0 Å². The van der Waals surface area contributed by atoms with E-state index < -0.39 is 5.97 Å². The first-order chi connectivity index (χ1) is 10.9. The molecule has 0 bridgehead atoms. The minimum absolute atomic E-state index is 0.152. The van der Waals surface area contributed by atoms with Gasteiger partial charge in [-0.25, -0.2) is 9.78 Å². The van der Waals surface area contributed by atoms with E-state index in [1.807, 2.05) is 26.8 Å². The van der Waals surface area contributed by atoms with Crippen LogP contribution in [0.3, 0.4) is 0 Å². The van der Waals surface area contributed by atoms with Gasteiger partial charge in [0.1, 0.15) is 11.3 Å². The van der Waals surface area contributed by atoms with Gasteiger partial charge >= 0.3 is 5.97 Å². The fraction of sp³-hybridized carbons (Fsp3) is 0.167. The van der Waals surface area contributed by atoms with E-state index in [9.17, 15) is 9.90 Å². The van der Waals surface area contributed by atoms with Gasteiger partial charge in [-0.15, -0.1) is 0 Å². The Morgan fingerprint density at radius 3 is 2.52 bits per heavy atom. The van der Waals surface area contributed by atoms with Gasteiger partial charge in [0.2, 0.25) is 0 Å². The summed E-state index contributed by atoms with van der Waals surface area (Å²) in [4.78, 5) is 20.2. The molecule has 0 fully saturated rings. The molecule has 0 saturated heterocycles. The van der Waals surface area contributed by atoms with E-state index in [4.69, 9.17) is 5.11 Å². The van der Waals surface area contributed by atoms with Crippen LogP contribution in [-0.2, 0) is 0 Å². The van der Waals surface area contributed by atoms with Gasteiger partial charge in [-0.2, -0.15) is 0 Å². The normalized spacial score (nSPS) is 10.9. The van der Waals surface area contributed by atoms with Crippen LogP contribution in [0.2, 0.25) is 0 Å². The van der Waals surface area contributed by atoms with Crippen molar-refractivity contribution in [3.63, 3.8) is 0 Å². The molecule has 2 N–H and O–H groups in total. The number of carboxylic acid groups (broad SMARTS) is 1. The van der Waals surface area contributed by atoms with E-state index in [2.05, 4.69) is 9.97 Å². The Bertz CT molecular complexity index is 949. The molecule has 5 nitrogen and oxygen atoms in total. The summed E-state index contributed by atoms with van der Waals surface area (Å²) in [6.45, 7) is 6.08. The summed E-state index contributed by atoms with van der Waals surface area (Å²) in [7, 11) is 0. The number of fused-ring (bicyclic) bond motifs is 1. The number of phenols is 1. The van der Waals surface area contributed by atoms with Gasteiger partial charge < -0.3 is 10.2 Å². The molecule has 0 atom stereocenters. The van der Waals surface area contributed by atoms with Gasteiger partial charge in [-0.3, -0.25) is 4.98 Å². The Kier molecular flexibility index (Phi) is 3.48. The topological polar surface area (TPSA) is 83.3 Å². The number of aromatic nitrogens is 2. The summed E-state index contributed by atoms with van der Waals surface area (Å²) in [5, 5.41) is 18.7. The zero-order valence-electron chi connectivity index (χ0n) is 13.1. The molecule has 0 amide bonds. The van der Waals surface area contributed by atoms with Gasteiger partial charge in [0.25, 0.3) is 0 Å². The van der Waals surface area contributed by atoms with Crippen molar-refractivity contribution in [1.29, 1.82) is 0 Å². The maximum absolute atomic E-state index is 11.2. The molecule has 3 aromatic rings. The molecule has 5 heteroatoms. The second kappa shape index (κ2) is 5.35. The largest absolute Gasteiger partial charge is 0.507 e. The van der Waals surface area contributed by atoms with Gasteiger partial charge in [0.15, 0.2) is 0 Å². The smallest absolute Gasteiger partial charge is 0.339 e. The van der Waals surface area contributed by atoms with Crippen LogP contribution in [0.15, 0.2) is 30.5 Å². The molecule has 0 aliphatic heterocycles. The van der Waals surface area contributed by atoms with Gasteiger partial charge in [0.05, 0.1) is 22.9 Å². The lowest BCUT2D eigenvalue weighted by atomic mass is 10.0. The maximum Gasteiger partial charge on any atom is 0.339 e. The Labute approximate surface area is 133 Å². The first-order valence-corrected chi connectivity index (χ1v) is 7.18. The van der Waals surface area contributed by atoms with E-state index in [1.54, 1.807) is 12.3 Å². The van der Waals surface area contributed by atoms with Crippen molar-refractivity contribution in [1.82, 2.24) is 9.97 Å². The summed E-state index contributed by atoms with van der Waals surface area (Å²) in [6, 6.07) is 6.39. The molecule has 0 saturated carbocycles. The summed E-state index contributed by atoms with van der Waals surface area (Å²) < 4.78 is 0. The number of aromatic carboxylic acids is 1. The number of carboxylic acids is 1. The highest BCUT2D eigenvalue weighted by Crippen LogP contribution is 2.27. The van der Waals surface area contributed by atoms with Crippen molar-refractivity contribution in [2.24, 2.45) is 0 Å². The second-order valence-corrected chi connectivity index (χ2v) is 5.60. The lowest BCUT2D eigenvalue weighted by Crippen LogP contribution is -1.99. The first-order valence-electron chi connectivity index (χ1n) is 7.18. The minimum Gasteiger partial charge on any atom is -0.507 e. The van der Waals surface area contributed by atoms with E-state index in [0.29, 0.717) is 11.3 Å². The molecule has 116 valence electrons. The van der Waals surface area contributed by atoms with E-state index in [-0.39, 0.29) is 11.3 Å². The Balaban J connectivity index is 2.22. The molecule has 0 aliphatic carbocycles. The molecule has 0 spiro atoms. The number of hydrogen-bond donors (Lipinski definition) is 2. The fourth-order valence-electron chi connectivity index (χ4n) is 2.57. The summed E-state index contributed by atoms with van der Waals surface area (Å²) in [5.41, 5.74) is 6.03. The third-order valence-electron chi connectivity index (χ3n) is 4.19. The standard InChI is InChI=1S/C18H16N2O3/c1-9-6-14-17(11(3)10(9)2)20-15(8-19-14)12-4-5-16(21)13(7-12)18(22)23/h4-8,21H,1-3H3,(H,22,23). The number of nitrogens with zero attached hydrogens (tertiary/aromatic N) is 2. The lowest BCUT2D eigenvalue weighted by Gasteiger charge is -2.10. The summed E-state index contributed by atoms with van der Waals surface area (Å²) in [5.74, 6) is -1.45. The monoisotopic (exact) mass is 308 g/mol. The van der Waals surface area contributed by atoms with E-state index in [0.717, 1.165) is 22.2 Å². The van der Waals surface area contributed by atoms with Crippen LogP contribution >= 0.6 is 0 Å². The fourth-order valence-corrected chi connectivity index (χ4v) is 2.57. The molecule has 1 aromatic heterocycles. The molecule has 23 heavy (non-hydrogen) atoms. The predicted molar refractivity (Wildman–Crippen MR) is 87.8 cm³/mol. The second-order valence-electron chi connectivity index (χ2n) is 5.60. The van der Waals surface area contributed by atoms with Crippen molar-refractivity contribution in [3.8, 4) is 17.0 Å². The molecule has 3 rings (SSSR count). The van der Waals surface area contributed by atoms with Crippen molar-refractivity contribution < 1.29 is 15.0 Å². The number of carbonyl (C=O) groups is 1. The maximum atomic E-state index is 11.2. The quantitative estimate of drug-likeness (QED) is 0.755. The van der Waals surface area contributed by atoms with Crippen LogP contribution in [0.25, 0.3) is 22.3 Å². The average molecular weight is 308 g/mol. The highest BCUT2D eigenvalue weighted by atomic mass is 16.4. The van der Waals surface area contributed by atoms with Crippen molar-refractivity contribution in [2.75, 3.05) is 0 Å². The average Bonchev–Trinajstić information content (AvgIpc) is 2.53. The van der Waals surface area contributed by atoms with Crippen molar-refractivity contribution >= 4 is 17.0 Å². The number of aryl methyl sites for hydroxylation is 2. The van der Waals surface area contributed by atoms with E-state index in [1.165, 1.54) is 17.7 Å². The van der Waals surface area contributed by atoms with Crippen LogP contribution in [0, 0.1) is 20.8 Å². The number of rotatable bonds is 2. The van der Waals surface area contributed by atoms with E-state index >= 15 is 0 Å². The third-order valence-corrected chi connectivity index (χ3v) is 4.19. The SMILES string of the molecule is Cc1cc2ncc(-c3ccc(O)c(C(=O)O)c3)nc2c(C)c1C. The molecular formula is C18H16N2O3. The number of hydrogen-bond acceptors (Lipinski definition) is 4. The zero-order valence-corrected chi connectivity index (χ0v) is 13.1.